The molecule has 0 saturated heterocycles. The molecule has 2 N–H and O–H groups in total. The molecule has 2 aromatic rings. The molecule has 1 aromatic carbocycles. The third-order valence-corrected chi connectivity index (χ3v) is 7.51. The summed E-state index contributed by atoms with van der Waals surface area (Å²) in [6.07, 6.45) is 5.82. The lowest BCUT2D eigenvalue weighted by atomic mass is 9.94. The number of benzene rings is 1. The van der Waals surface area contributed by atoms with Crippen molar-refractivity contribution in [3.8, 4) is 0 Å². The number of carbonyl (C=O) groups excluding carboxylic acids is 3. The van der Waals surface area contributed by atoms with Crippen LogP contribution in [0.4, 0.5) is 10.7 Å². The van der Waals surface area contributed by atoms with Crippen LogP contribution in [-0.4, -0.2) is 48.9 Å². The van der Waals surface area contributed by atoms with E-state index in [4.69, 9.17) is 4.74 Å². The predicted molar refractivity (Wildman–Crippen MR) is 137 cm³/mol. The summed E-state index contributed by atoms with van der Waals surface area (Å²) in [4.78, 5) is 41.1. The van der Waals surface area contributed by atoms with E-state index in [0.29, 0.717) is 27.2 Å². The monoisotopic (exact) mass is 485 g/mol. The number of hydrogen-bond acceptors (Lipinski definition) is 6. The molecule has 184 valence electrons. The average Bonchev–Trinajstić information content (AvgIpc) is 3.12. The lowest BCUT2D eigenvalue weighted by Gasteiger charge is -2.30. The maximum Gasteiger partial charge on any atom is 0.341 e. The van der Waals surface area contributed by atoms with Crippen molar-refractivity contribution in [2.75, 3.05) is 30.8 Å². The normalized spacial score (nSPS) is 14.2. The Hall–Kier alpha value is -2.71. The second kappa shape index (κ2) is 11.6. The van der Waals surface area contributed by atoms with Gasteiger partial charge in [0.2, 0.25) is 5.91 Å². The minimum absolute atomic E-state index is 0.204. The van der Waals surface area contributed by atoms with Crippen LogP contribution in [0.15, 0.2) is 18.2 Å². The van der Waals surface area contributed by atoms with Crippen LogP contribution in [0.2, 0.25) is 0 Å². The summed E-state index contributed by atoms with van der Waals surface area (Å²) in [7, 11) is 1.96. The SMILES string of the molecule is CCOC(=O)c1c(NC(=O)CN(C)C2CCCCC2)sc(C(=O)Nc2ccc(C)cc2C)c1C. The van der Waals surface area contributed by atoms with Crippen LogP contribution in [0.3, 0.4) is 0 Å². The number of carbonyl (C=O) groups is 3. The number of amides is 2. The number of esters is 1. The van der Waals surface area contributed by atoms with Crippen molar-refractivity contribution in [1.82, 2.24) is 4.90 Å². The molecular formula is C26H35N3O4S. The van der Waals surface area contributed by atoms with E-state index in [1.807, 2.05) is 39.1 Å². The highest BCUT2D eigenvalue weighted by Gasteiger charge is 2.28. The van der Waals surface area contributed by atoms with Gasteiger partial charge in [-0.25, -0.2) is 4.79 Å². The second-order valence-corrected chi connectivity index (χ2v) is 10.0. The van der Waals surface area contributed by atoms with Gasteiger partial charge in [-0.2, -0.15) is 0 Å². The van der Waals surface area contributed by atoms with Gasteiger partial charge in [-0.1, -0.05) is 37.0 Å². The molecule has 34 heavy (non-hydrogen) atoms. The van der Waals surface area contributed by atoms with Gasteiger partial charge in [-0.3, -0.25) is 14.5 Å². The number of thiophene rings is 1. The number of hydrogen-bond donors (Lipinski definition) is 2. The van der Waals surface area contributed by atoms with E-state index >= 15 is 0 Å². The molecular weight excluding hydrogens is 450 g/mol. The molecule has 1 heterocycles. The Morgan fingerprint density at radius 1 is 1.09 bits per heavy atom. The molecule has 7 nitrogen and oxygen atoms in total. The molecule has 2 amide bonds. The van der Waals surface area contributed by atoms with Gasteiger partial charge < -0.3 is 15.4 Å². The first-order valence-corrected chi connectivity index (χ1v) is 12.7. The van der Waals surface area contributed by atoms with Crippen LogP contribution in [0.5, 0.6) is 0 Å². The van der Waals surface area contributed by atoms with Gasteiger partial charge in [0.25, 0.3) is 5.91 Å². The quantitative estimate of drug-likeness (QED) is 0.495. The molecule has 0 aliphatic heterocycles. The first-order valence-electron chi connectivity index (χ1n) is 11.9. The number of aryl methyl sites for hydroxylation is 2. The third-order valence-electron chi connectivity index (χ3n) is 6.31. The molecule has 1 saturated carbocycles. The van der Waals surface area contributed by atoms with Gasteiger partial charge >= 0.3 is 5.97 Å². The van der Waals surface area contributed by atoms with Crippen LogP contribution in [0.1, 0.15) is 75.7 Å². The molecule has 0 bridgehead atoms. The van der Waals surface area contributed by atoms with E-state index in [9.17, 15) is 14.4 Å². The number of nitrogens with one attached hydrogen (secondary N) is 2. The van der Waals surface area contributed by atoms with Gasteiger partial charge in [0.1, 0.15) is 5.00 Å². The van der Waals surface area contributed by atoms with Crippen molar-refractivity contribution >= 4 is 39.8 Å². The van der Waals surface area contributed by atoms with Gasteiger partial charge in [-0.15, -0.1) is 11.3 Å². The molecule has 0 atom stereocenters. The number of ether oxygens (including phenoxy) is 1. The minimum Gasteiger partial charge on any atom is -0.462 e. The maximum absolute atomic E-state index is 13.1. The highest BCUT2D eigenvalue weighted by Crippen LogP contribution is 2.35. The van der Waals surface area contributed by atoms with Crippen LogP contribution in [0.25, 0.3) is 0 Å². The van der Waals surface area contributed by atoms with Crippen molar-refractivity contribution in [3.63, 3.8) is 0 Å². The Bertz CT molecular complexity index is 1060. The van der Waals surface area contributed by atoms with E-state index in [2.05, 4.69) is 15.5 Å². The third kappa shape index (κ3) is 6.24. The average molecular weight is 486 g/mol. The fourth-order valence-corrected chi connectivity index (χ4v) is 5.55. The van der Waals surface area contributed by atoms with Gasteiger partial charge in [0, 0.05) is 11.7 Å². The van der Waals surface area contributed by atoms with E-state index in [-0.39, 0.29) is 30.5 Å². The smallest absolute Gasteiger partial charge is 0.341 e. The summed E-state index contributed by atoms with van der Waals surface area (Å²) in [5, 5.41) is 6.16. The Morgan fingerprint density at radius 2 is 1.79 bits per heavy atom. The summed E-state index contributed by atoms with van der Waals surface area (Å²) in [5.41, 5.74) is 3.51. The van der Waals surface area contributed by atoms with Crippen molar-refractivity contribution in [2.45, 2.75) is 65.8 Å². The van der Waals surface area contributed by atoms with Crippen molar-refractivity contribution < 1.29 is 19.1 Å². The summed E-state index contributed by atoms with van der Waals surface area (Å²) in [6, 6.07) is 6.19. The second-order valence-electron chi connectivity index (χ2n) is 9.01. The minimum atomic E-state index is -0.544. The summed E-state index contributed by atoms with van der Waals surface area (Å²) < 4.78 is 5.23. The van der Waals surface area contributed by atoms with Gasteiger partial charge in [0.05, 0.1) is 23.6 Å². The molecule has 1 aliphatic rings. The first-order chi connectivity index (χ1) is 16.2. The summed E-state index contributed by atoms with van der Waals surface area (Å²) in [6.45, 7) is 7.80. The largest absolute Gasteiger partial charge is 0.462 e. The molecule has 1 fully saturated rings. The number of anilines is 2. The highest BCUT2D eigenvalue weighted by atomic mass is 32.1. The maximum atomic E-state index is 13.1. The van der Waals surface area contributed by atoms with Crippen LogP contribution in [0, 0.1) is 20.8 Å². The predicted octanol–water partition coefficient (Wildman–Crippen LogP) is 5.31. The topological polar surface area (TPSA) is 87.7 Å². The Morgan fingerprint density at radius 3 is 2.44 bits per heavy atom. The molecule has 0 radical (unpaired) electrons. The lowest BCUT2D eigenvalue weighted by molar-refractivity contribution is -0.117. The highest BCUT2D eigenvalue weighted by molar-refractivity contribution is 7.19. The number of rotatable bonds is 8. The van der Waals surface area contributed by atoms with E-state index in [1.54, 1.807) is 13.8 Å². The Kier molecular flexibility index (Phi) is 8.85. The summed E-state index contributed by atoms with van der Waals surface area (Å²) >= 11 is 1.10. The molecule has 3 rings (SSSR count). The van der Waals surface area contributed by atoms with Crippen molar-refractivity contribution in [2.24, 2.45) is 0 Å². The van der Waals surface area contributed by atoms with Crippen LogP contribution in [-0.2, 0) is 9.53 Å². The molecule has 1 aliphatic carbocycles. The van der Waals surface area contributed by atoms with E-state index in [1.165, 1.54) is 19.3 Å². The molecule has 0 unspecified atom stereocenters. The first kappa shape index (κ1) is 25.9. The molecule has 1 aromatic heterocycles. The van der Waals surface area contributed by atoms with Crippen LogP contribution < -0.4 is 10.6 Å². The number of likely N-dealkylation sites (N-methyl/N-ethyl adjacent to an activating group) is 1. The van der Waals surface area contributed by atoms with Gasteiger partial charge in [-0.05, 0) is 64.8 Å². The zero-order valence-electron chi connectivity index (χ0n) is 20.7. The molecule has 8 heteroatoms. The lowest BCUT2D eigenvalue weighted by Crippen LogP contribution is -2.39. The zero-order chi connectivity index (χ0) is 24.8. The van der Waals surface area contributed by atoms with E-state index < -0.39 is 5.97 Å². The fraction of sp³-hybridized carbons (Fsp3) is 0.500. The van der Waals surface area contributed by atoms with E-state index in [0.717, 1.165) is 35.3 Å². The summed E-state index contributed by atoms with van der Waals surface area (Å²) in [5.74, 6) is -1.07. The fourth-order valence-electron chi connectivity index (χ4n) is 4.44. The standard InChI is InChI=1S/C26H35N3O4S/c1-6-33-26(32)22-18(4)23(24(31)27-20-13-12-16(2)14-17(20)3)34-25(22)28-21(30)15-29(5)19-10-8-7-9-11-19/h12-14,19H,6-11,15H2,1-5H3,(H,27,31)(H,28,30). The van der Waals surface area contributed by atoms with Crippen molar-refractivity contribution in [1.29, 1.82) is 0 Å². The van der Waals surface area contributed by atoms with Crippen molar-refractivity contribution in [3.05, 3.63) is 45.3 Å². The molecule has 0 spiro atoms. The number of nitrogens with zero attached hydrogens (tertiary/aromatic N) is 1. The van der Waals surface area contributed by atoms with Gasteiger partial charge in [0.15, 0.2) is 0 Å². The Labute approximate surface area is 205 Å². The Balaban J connectivity index is 1.81. The zero-order valence-corrected chi connectivity index (χ0v) is 21.6. The van der Waals surface area contributed by atoms with Crippen LogP contribution >= 0.6 is 11.3 Å².